The monoisotopic (exact) mass is 491 g/mol. The van der Waals surface area contributed by atoms with E-state index in [1.807, 2.05) is 82.3 Å². The second kappa shape index (κ2) is 11.5. The van der Waals surface area contributed by atoms with Crippen LogP contribution in [0.4, 0.5) is 0 Å². The molecule has 2 aromatic carbocycles. The number of methoxy groups -OCH3 is 1. The minimum Gasteiger partial charge on any atom is -0.497 e. The average molecular weight is 492 g/mol. The average Bonchev–Trinajstić information content (AvgIpc) is 3.18. The summed E-state index contributed by atoms with van der Waals surface area (Å²) in [6, 6.07) is 17.2. The van der Waals surface area contributed by atoms with E-state index < -0.39 is 11.9 Å². The third-order valence-electron chi connectivity index (χ3n) is 6.58. The molecule has 0 fully saturated rings. The summed E-state index contributed by atoms with van der Waals surface area (Å²) in [6.45, 7) is 9.60. The molecule has 0 radical (unpaired) electrons. The second-order valence-electron chi connectivity index (χ2n) is 10.4. The number of aryl methyl sites for hydroxylation is 1. The number of carbonyl (C=O) groups is 2. The van der Waals surface area contributed by atoms with E-state index in [9.17, 15) is 14.7 Å². The lowest BCUT2D eigenvalue weighted by molar-refractivity contribution is -0.145. The van der Waals surface area contributed by atoms with Crippen molar-refractivity contribution in [2.24, 2.45) is 11.3 Å². The number of nitrogens with one attached hydrogen (secondary N) is 1. The van der Waals surface area contributed by atoms with Crippen molar-refractivity contribution < 1.29 is 23.8 Å². The number of hydrogen-bond donors (Lipinski definition) is 2. The first-order chi connectivity index (χ1) is 17.0. The first kappa shape index (κ1) is 27.1. The van der Waals surface area contributed by atoms with E-state index in [0.717, 1.165) is 22.4 Å². The van der Waals surface area contributed by atoms with Crippen molar-refractivity contribution in [3.63, 3.8) is 0 Å². The minimum atomic E-state index is -0.772. The number of carboxylic acid groups (broad SMARTS) is 1. The van der Waals surface area contributed by atoms with Gasteiger partial charge in [-0.25, -0.2) is 0 Å². The largest absolute Gasteiger partial charge is 0.497 e. The van der Waals surface area contributed by atoms with Gasteiger partial charge in [0.2, 0.25) is 0 Å². The fourth-order valence-electron chi connectivity index (χ4n) is 4.57. The SMILES string of the molecule is COc1ccc(-c2c(-c3ccccc3)oc(C)c2C(=O)N[C@@H](C)CCCC(C(=O)O)C(C)(C)C)cc1. The number of aliphatic carboxylic acids is 1. The van der Waals surface area contributed by atoms with Crippen molar-refractivity contribution in [1.29, 1.82) is 0 Å². The Morgan fingerprint density at radius 3 is 2.19 bits per heavy atom. The topological polar surface area (TPSA) is 88.8 Å². The molecule has 0 saturated heterocycles. The molecule has 0 aliphatic rings. The van der Waals surface area contributed by atoms with Crippen molar-refractivity contribution in [2.45, 2.75) is 59.9 Å². The summed E-state index contributed by atoms with van der Waals surface area (Å²) < 4.78 is 11.5. The van der Waals surface area contributed by atoms with Crippen LogP contribution in [0.3, 0.4) is 0 Å². The van der Waals surface area contributed by atoms with Gasteiger partial charge in [0.05, 0.1) is 18.6 Å². The molecule has 1 aromatic heterocycles. The molecule has 2 N–H and O–H groups in total. The van der Waals surface area contributed by atoms with Crippen LogP contribution in [0, 0.1) is 18.3 Å². The number of rotatable bonds is 10. The van der Waals surface area contributed by atoms with Crippen LogP contribution >= 0.6 is 0 Å². The van der Waals surface area contributed by atoms with E-state index in [0.29, 0.717) is 36.3 Å². The van der Waals surface area contributed by atoms with Crippen LogP contribution in [0.25, 0.3) is 22.5 Å². The molecule has 0 saturated carbocycles. The van der Waals surface area contributed by atoms with Crippen molar-refractivity contribution >= 4 is 11.9 Å². The molecule has 3 aromatic rings. The fourth-order valence-corrected chi connectivity index (χ4v) is 4.57. The first-order valence-electron chi connectivity index (χ1n) is 12.4. The van der Waals surface area contributed by atoms with Crippen LogP contribution in [0.1, 0.15) is 63.1 Å². The van der Waals surface area contributed by atoms with Crippen LogP contribution < -0.4 is 10.1 Å². The normalized spacial score (nSPS) is 13.2. The van der Waals surface area contributed by atoms with Gasteiger partial charge in [-0.1, -0.05) is 69.7 Å². The molecule has 1 heterocycles. The smallest absolute Gasteiger partial charge is 0.307 e. The van der Waals surface area contributed by atoms with Crippen LogP contribution in [-0.4, -0.2) is 30.1 Å². The van der Waals surface area contributed by atoms with Gasteiger partial charge in [-0.05, 0) is 49.8 Å². The Balaban J connectivity index is 1.85. The Labute approximate surface area is 213 Å². The molecule has 2 atom stereocenters. The highest BCUT2D eigenvalue weighted by Crippen LogP contribution is 2.39. The molecule has 3 rings (SSSR count). The van der Waals surface area contributed by atoms with Gasteiger partial charge in [-0.2, -0.15) is 0 Å². The predicted molar refractivity (Wildman–Crippen MR) is 142 cm³/mol. The van der Waals surface area contributed by atoms with Crippen LogP contribution in [-0.2, 0) is 4.79 Å². The van der Waals surface area contributed by atoms with Crippen molar-refractivity contribution in [1.82, 2.24) is 5.32 Å². The number of benzene rings is 2. The Bertz CT molecular complexity index is 1170. The fraction of sp³-hybridized carbons (Fsp3) is 0.400. The summed E-state index contributed by atoms with van der Waals surface area (Å²) in [5.74, 6) is 0.517. The van der Waals surface area contributed by atoms with E-state index in [1.54, 1.807) is 14.0 Å². The number of amides is 1. The lowest BCUT2D eigenvalue weighted by Gasteiger charge is -2.27. The van der Waals surface area contributed by atoms with Crippen LogP contribution in [0.15, 0.2) is 59.0 Å². The van der Waals surface area contributed by atoms with Crippen molar-refractivity contribution in [2.75, 3.05) is 7.11 Å². The molecule has 36 heavy (non-hydrogen) atoms. The maximum absolute atomic E-state index is 13.5. The highest BCUT2D eigenvalue weighted by atomic mass is 16.5. The quantitative estimate of drug-likeness (QED) is 0.320. The molecule has 0 bridgehead atoms. The maximum atomic E-state index is 13.5. The molecule has 1 amide bonds. The third-order valence-corrected chi connectivity index (χ3v) is 6.58. The molecule has 192 valence electrons. The van der Waals surface area contributed by atoms with Gasteiger partial charge in [0.25, 0.3) is 5.91 Å². The minimum absolute atomic E-state index is 0.120. The zero-order chi connectivity index (χ0) is 26.5. The molecular formula is C30H37NO5. The summed E-state index contributed by atoms with van der Waals surface area (Å²) in [5, 5.41) is 12.7. The van der Waals surface area contributed by atoms with Gasteiger partial charge in [0, 0.05) is 17.2 Å². The highest BCUT2D eigenvalue weighted by Gasteiger charge is 2.31. The van der Waals surface area contributed by atoms with Gasteiger partial charge in [0.15, 0.2) is 0 Å². The van der Waals surface area contributed by atoms with E-state index in [-0.39, 0.29) is 17.4 Å². The Kier molecular flexibility index (Phi) is 8.62. The molecule has 0 aliphatic heterocycles. The van der Waals surface area contributed by atoms with E-state index in [4.69, 9.17) is 9.15 Å². The number of ether oxygens (including phenoxy) is 1. The van der Waals surface area contributed by atoms with Crippen LogP contribution in [0.5, 0.6) is 5.75 Å². The van der Waals surface area contributed by atoms with Gasteiger partial charge in [-0.15, -0.1) is 0 Å². The zero-order valence-corrected chi connectivity index (χ0v) is 22.1. The zero-order valence-electron chi connectivity index (χ0n) is 22.1. The lowest BCUT2D eigenvalue weighted by atomic mass is 9.78. The van der Waals surface area contributed by atoms with E-state index in [1.165, 1.54) is 0 Å². The van der Waals surface area contributed by atoms with Gasteiger partial charge in [-0.3, -0.25) is 9.59 Å². The summed E-state index contributed by atoms with van der Waals surface area (Å²) >= 11 is 0. The summed E-state index contributed by atoms with van der Waals surface area (Å²) in [6.07, 6.45) is 1.96. The van der Waals surface area contributed by atoms with Crippen molar-refractivity contribution in [3.05, 3.63) is 65.9 Å². The van der Waals surface area contributed by atoms with Gasteiger partial charge in [0.1, 0.15) is 17.3 Å². The van der Waals surface area contributed by atoms with Crippen molar-refractivity contribution in [3.8, 4) is 28.2 Å². The Hall–Kier alpha value is -3.54. The molecule has 0 aliphatic carbocycles. The maximum Gasteiger partial charge on any atom is 0.307 e. The summed E-state index contributed by atoms with van der Waals surface area (Å²) in [4.78, 5) is 25.2. The lowest BCUT2D eigenvalue weighted by Crippen LogP contribution is -2.33. The summed E-state index contributed by atoms with van der Waals surface area (Å²) in [5.41, 5.74) is 2.68. The number of hydrogen-bond acceptors (Lipinski definition) is 4. The predicted octanol–water partition coefficient (Wildman–Crippen LogP) is 6.97. The first-order valence-corrected chi connectivity index (χ1v) is 12.4. The molecule has 6 heteroatoms. The van der Waals surface area contributed by atoms with E-state index >= 15 is 0 Å². The number of carboxylic acids is 1. The summed E-state index contributed by atoms with van der Waals surface area (Å²) in [7, 11) is 1.62. The molecule has 0 spiro atoms. The number of carbonyl (C=O) groups excluding carboxylic acids is 1. The second-order valence-corrected chi connectivity index (χ2v) is 10.4. The van der Waals surface area contributed by atoms with Gasteiger partial charge < -0.3 is 19.6 Å². The standard InChI is InChI=1S/C30H37NO5/c1-19(11-10-14-24(29(33)34)30(3,4)5)31-28(32)25-20(2)36-27(22-12-8-7-9-13-22)26(25)21-15-17-23(35-6)18-16-21/h7-9,12-13,15-19,24H,10-11,14H2,1-6H3,(H,31,32)(H,33,34)/t19-,24?/m0/s1. The van der Waals surface area contributed by atoms with Crippen LogP contribution in [0.2, 0.25) is 0 Å². The Morgan fingerprint density at radius 2 is 1.64 bits per heavy atom. The highest BCUT2D eigenvalue weighted by molar-refractivity contribution is 6.05. The Morgan fingerprint density at radius 1 is 1.00 bits per heavy atom. The molecule has 6 nitrogen and oxygen atoms in total. The third kappa shape index (κ3) is 6.36. The number of furan rings is 1. The van der Waals surface area contributed by atoms with E-state index in [2.05, 4.69) is 5.32 Å². The molecule has 1 unspecified atom stereocenters. The molecular weight excluding hydrogens is 454 g/mol. The van der Waals surface area contributed by atoms with Gasteiger partial charge >= 0.3 is 5.97 Å².